The van der Waals surface area contributed by atoms with Crippen LogP contribution in [0.1, 0.15) is 12.8 Å². The van der Waals surface area contributed by atoms with E-state index in [9.17, 15) is 0 Å². The molecule has 0 saturated heterocycles. The number of hydrogen-bond acceptors (Lipinski definition) is 2. The second kappa shape index (κ2) is 8.21. The number of nitrogens with zero attached hydrogens (tertiary/aromatic N) is 1. The van der Waals surface area contributed by atoms with Gasteiger partial charge in [-0.15, -0.1) is 0 Å². The highest BCUT2D eigenvalue weighted by Crippen LogP contribution is 1.92. The average Bonchev–Trinajstić information content (AvgIpc) is 2.02. The van der Waals surface area contributed by atoms with E-state index in [4.69, 9.17) is 5.41 Å². The number of hydrogen-bond donors (Lipinski definition) is 1. The van der Waals surface area contributed by atoms with Gasteiger partial charge in [0.2, 0.25) is 0 Å². The van der Waals surface area contributed by atoms with Crippen LogP contribution in [0.15, 0.2) is 24.3 Å². The lowest BCUT2D eigenvalue weighted by molar-refractivity contribution is 0.402. The Morgan fingerprint density at radius 3 is 2.50 bits per heavy atom. The largest absolute Gasteiger partial charge is 0.309 e. The van der Waals surface area contributed by atoms with E-state index in [0.717, 1.165) is 13.0 Å². The third-order valence-corrected chi connectivity index (χ3v) is 1.43. The summed E-state index contributed by atoms with van der Waals surface area (Å²) in [5.41, 5.74) is 0. The zero-order valence-corrected chi connectivity index (χ0v) is 7.96. The fourth-order valence-corrected chi connectivity index (χ4v) is 0.820. The Morgan fingerprint density at radius 2 is 1.92 bits per heavy atom. The van der Waals surface area contributed by atoms with Gasteiger partial charge in [0.05, 0.1) is 0 Å². The normalized spacial score (nSPS) is 11.9. The SMILES string of the molecule is CN(C)CCC/C=C\C=C/C=N. The predicted molar refractivity (Wildman–Crippen MR) is 54.9 cm³/mol. The Labute approximate surface area is 75.1 Å². The third kappa shape index (κ3) is 9.11. The molecule has 0 aliphatic heterocycles. The number of nitrogens with one attached hydrogen (secondary N) is 1. The summed E-state index contributed by atoms with van der Waals surface area (Å²) in [6.45, 7) is 1.14. The first-order chi connectivity index (χ1) is 5.77. The molecule has 0 aromatic heterocycles. The first kappa shape index (κ1) is 11.1. The van der Waals surface area contributed by atoms with E-state index in [1.807, 2.05) is 12.2 Å². The molecule has 0 aliphatic rings. The monoisotopic (exact) mass is 166 g/mol. The van der Waals surface area contributed by atoms with E-state index < -0.39 is 0 Å². The second-order valence-electron chi connectivity index (χ2n) is 2.93. The molecule has 0 amide bonds. The molecule has 0 radical (unpaired) electrons. The topological polar surface area (TPSA) is 27.1 Å². The minimum Gasteiger partial charge on any atom is -0.309 e. The average molecular weight is 166 g/mol. The maximum atomic E-state index is 6.72. The van der Waals surface area contributed by atoms with Crippen molar-refractivity contribution < 1.29 is 0 Å². The van der Waals surface area contributed by atoms with Crippen LogP contribution in [0.3, 0.4) is 0 Å². The highest BCUT2D eigenvalue weighted by Gasteiger charge is 1.85. The van der Waals surface area contributed by atoms with Crippen molar-refractivity contribution in [2.75, 3.05) is 20.6 Å². The highest BCUT2D eigenvalue weighted by molar-refractivity contribution is 5.68. The molecule has 1 N–H and O–H groups in total. The van der Waals surface area contributed by atoms with E-state index >= 15 is 0 Å². The Bertz CT molecular complexity index is 157. The van der Waals surface area contributed by atoms with Crippen LogP contribution in [0.25, 0.3) is 0 Å². The van der Waals surface area contributed by atoms with Crippen LogP contribution in [-0.2, 0) is 0 Å². The minimum absolute atomic E-state index is 1.11. The quantitative estimate of drug-likeness (QED) is 0.365. The van der Waals surface area contributed by atoms with E-state index in [1.165, 1.54) is 12.6 Å². The van der Waals surface area contributed by atoms with Crippen LogP contribution in [0.5, 0.6) is 0 Å². The lowest BCUT2D eigenvalue weighted by Gasteiger charge is -2.06. The van der Waals surface area contributed by atoms with Gasteiger partial charge in [-0.1, -0.05) is 18.2 Å². The number of allylic oxidation sites excluding steroid dienone is 4. The molecule has 0 fully saturated rings. The summed E-state index contributed by atoms with van der Waals surface area (Å²) in [6.07, 6.45) is 11.3. The maximum absolute atomic E-state index is 6.72. The van der Waals surface area contributed by atoms with Crippen molar-refractivity contribution in [3.63, 3.8) is 0 Å². The van der Waals surface area contributed by atoms with Crippen molar-refractivity contribution in [1.82, 2.24) is 4.90 Å². The zero-order valence-electron chi connectivity index (χ0n) is 7.96. The summed E-state index contributed by atoms with van der Waals surface area (Å²) in [5.74, 6) is 0. The molecule has 0 saturated carbocycles. The van der Waals surface area contributed by atoms with Gasteiger partial charge < -0.3 is 10.3 Å². The molecule has 0 spiro atoms. The molecule has 0 aromatic rings. The Hall–Kier alpha value is -0.890. The molecule has 0 heterocycles. The summed E-state index contributed by atoms with van der Waals surface area (Å²) in [6, 6.07) is 0. The van der Waals surface area contributed by atoms with Crippen LogP contribution >= 0.6 is 0 Å². The molecule has 0 rings (SSSR count). The van der Waals surface area contributed by atoms with Crippen LogP contribution in [0.4, 0.5) is 0 Å². The second-order valence-corrected chi connectivity index (χ2v) is 2.93. The summed E-state index contributed by atoms with van der Waals surface area (Å²) in [4.78, 5) is 2.18. The smallest absolute Gasteiger partial charge is 0.0177 e. The summed E-state index contributed by atoms with van der Waals surface area (Å²) in [5, 5.41) is 6.72. The standard InChI is InChI=1S/C10H18N2/c1-12(2)10-8-6-4-3-5-7-9-11/h3-5,7,9,11H,6,8,10H2,1-2H3/b4-3-,7-5-,11-9?. The van der Waals surface area contributed by atoms with Gasteiger partial charge in [0.25, 0.3) is 0 Å². The first-order valence-electron chi connectivity index (χ1n) is 4.24. The molecule has 0 unspecified atom stereocenters. The predicted octanol–water partition coefficient (Wildman–Crippen LogP) is 2.09. The summed E-state index contributed by atoms with van der Waals surface area (Å²) >= 11 is 0. The van der Waals surface area contributed by atoms with Crippen molar-refractivity contribution >= 4 is 6.21 Å². The van der Waals surface area contributed by atoms with Gasteiger partial charge in [-0.3, -0.25) is 0 Å². The molecule has 2 heteroatoms. The van der Waals surface area contributed by atoms with Gasteiger partial charge in [0.15, 0.2) is 0 Å². The molecule has 0 aliphatic carbocycles. The van der Waals surface area contributed by atoms with Gasteiger partial charge >= 0.3 is 0 Å². The van der Waals surface area contributed by atoms with Crippen molar-refractivity contribution in [1.29, 1.82) is 5.41 Å². The Kier molecular flexibility index (Phi) is 7.60. The molecule has 0 bridgehead atoms. The first-order valence-corrected chi connectivity index (χ1v) is 4.24. The molecular weight excluding hydrogens is 148 g/mol. The van der Waals surface area contributed by atoms with Crippen molar-refractivity contribution in [3.05, 3.63) is 24.3 Å². The lowest BCUT2D eigenvalue weighted by atomic mass is 10.3. The van der Waals surface area contributed by atoms with E-state index in [1.54, 1.807) is 6.08 Å². The summed E-state index contributed by atoms with van der Waals surface area (Å²) in [7, 11) is 4.16. The van der Waals surface area contributed by atoms with E-state index in [0.29, 0.717) is 0 Å². The van der Waals surface area contributed by atoms with E-state index in [-0.39, 0.29) is 0 Å². The van der Waals surface area contributed by atoms with Gasteiger partial charge in [-0.2, -0.15) is 0 Å². The van der Waals surface area contributed by atoms with Crippen molar-refractivity contribution in [3.8, 4) is 0 Å². The summed E-state index contributed by atoms with van der Waals surface area (Å²) < 4.78 is 0. The van der Waals surface area contributed by atoms with Crippen LogP contribution < -0.4 is 0 Å². The van der Waals surface area contributed by atoms with Crippen LogP contribution in [-0.4, -0.2) is 31.8 Å². The fraction of sp³-hybridized carbons (Fsp3) is 0.500. The van der Waals surface area contributed by atoms with E-state index in [2.05, 4.69) is 25.1 Å². The van der Waals surface area contributed by atoms with Gasteiger partial charge in [-0.25, -0.2) is 0 Å². The van der Waals surface area contributed by atoms with Crippen molar-refractivity contribution in [2.45, 2.75) is 12.8 Å². The third-order valence-electron chi connectivity index (χ3n) is 1.43. The van der Waals surface area contributed by atoms with Gasteiger partial charge in [0, 0.05) is 6.21 Å². The van der Waals surface area contributed by atoms with Crippen molar-refractivity contribution in [2.24, 2.45) is 0 Å². The van der Waals surface area contributed by atoms with Crippen LogP contribution in [0.2, 0.25) is 0 Å². The van der Waals surface area contributed by atoms with Crippen LogP contribution in [0, 0.1) is 5.41 Å². The lowest BCUT2D eigenvalue weighted by Crippen LogP contribution is -2.12. The van der Waals surface area contributed by atoms with Gasteiger partial charge in [-0.05, 0) is 39.6 Å². The molecule has 12 heavy (non-hydrogen) atoms. The Morgan fingerprint density at radius 1 is 1.17 bits per heavy atom. The molecule has 68 valence electrons. The Balaban J connectivity index is 3.24. The zero-order chi connectivity index (χ0) is 9.23. The molecule has 0 aromatic carbocycles. The van der Waals surface area contributed by atoms with Gasteiger partial charge in [0.1, 0.15) is 0 Å². The molecule has 0 atom stereocenters. The highest BCUT2D eigenvalue weighted by atomic mass is 15.0. The maximum Gasteiger partial charge on any atom is 0.0177 e. The number of unbranched alkanes of at least 4 members (excludes halogenated alkanes) is 1. The number of rotatable bonds is 6. The fourth-order valence-electron chi connectivity index (χ4n) is 0.820. The molecule has 2 nitrogen and oxygen atoms in total. The minimum atomic E-state index is 1.11. The molecular formula is C10H18N2.